The molecule has 0 aromatic carbocycles. The van der Waals surface area contributed by atoms with Crippen molar-refractivity contribution in [1.82, 2.24) is 0 Å². The quantitative estimate of drug-likeness (QED) is 0.562. The van der Waals surface area contributed by atoms with Crippen LogP contribution in [0.5, 0.6) is 0 Å². The summed E-state index contributed by atoms with van der Waals surface area (Å²) in [6, 6.07) is 0. The molecule has 3 nitrogen and oxygen atoms in total. The maximum absolute atomic E-state index is 12.0. The molecule has 0 aromatic heterocycles. The third kappa shape index (κ3) is 1.88. The zero-order valence-corrected chi connectivity index (χ0v) is 6.08. The van der Waals surface area contributed by atoms with Crippen LogP contribution in [0, 0.1) is 0 Å². The first-order valence-electron chi connectivity index (χ1n) is 3.47. The molecule has 1 heterocycles. The minimum Gasteiger partial charge on any atom is -0.390 e. The van der Waals surface area contributed by atoms with Gasteiger partial charge in [0, 0.05) is 0 Å². The van der Waals surface area contributed by atoms with Gasteiger partial charge < -0.3 is 14.9 Å². The van der Waals surface area contributed by atoms with Crippen LogP contribution in [0.4, 0.5) is 13.2 Å². The average molecular weight is 186 g/mol. The average Bonchev–Trinajstić information content (AvgIpc) is 1.92. The van der Waals surface area contributed by atoms with Gasteiger partial charge in [-0.1, -0.05) is 0 Å². The first kappa shape index (κ1) is 9.76. The lowest BCUT2D eigenvalue weighted by Gasteiger charge is -2.32. The molecule has 0 unspecified atom stereocenters. The molecular formula is C6H9F3O3. The third-order valence-corrected chi connectivity index (χ3v) is 1.74. The van der Waals surface area contributed by atoms with E-state index in [1.54, 1.807) is 0 Å². The Morgan fingerprint density at radius 1 is 1.25 bits per heavy atom. The van der Waals surface area contributed by atoms with E-state index in [1.165, 1.54) is 0 Å². The molecule has 72 valence electrons. The van der Waals surface area contributed by atoms with E-state index in [0.29, 0.717) is 0 Å². The van der Waals surface area contributed by atoms with Gasteiger partial charge in [0.05, 0.1) is 12.7 Å². The van der Waals surface area contributed by atoms with E-state index >= 15 is 0 Å². The molecule has 2 N–H and O–H groups in total. The number of halogens is 3. The second-order valence-corrected chi connectivity index (χ2v) is 2.68. The first-order chi connectivity index (χ1) is 5.43. The third-order valence-electron chi connectivity index (χ3n) is 1.74. The van der Waals surface area contributed by atoms with Crippen LogP contribution < -0.4 is 0 Å². The highest BCUT2D eigenvalue weighted by Crippen LogP contribution is 2.29. The lowest BCUT2D eigenvalue weighted by atomic mass is 10.0. The fourth-order valence-electron chi connectivity index (χ4n) is 1.07. The van der Waals surface area contributed by atoms with E-state index in [2.05, 4.69) is 4.74 Å². The number of hydrogen-bond acceptors (Lipinski definition) is 3. The van der Waals surface area contributed by atoms with Crippen LogP contribution in [-0.4, -0.2) is 41.3 Å². The minimum atomic E-state index is -4.61. The molecule has 1 aliphatic rings. The van der Waals surface area contributed by atoms with Gasteiger partial charge >= 0.3 is 6.18 Å². The number of aliphatic hydroxyl groups excluding tert-OH is 2. The molecule has 0 aliphatic carbocycles. The van der Waals surface area contributed by atoms with Crippen molar-refractivity contribution in [2.75, 3.05) is 6.61 Å². The van der Waals surface area contributed by atoms with Crippen molar-refractivity contribution in [2.45, 2.75) is 30.9 Å². The molecule has 6 heteroatoms. The highest BCUT2D eigenvalue weighted by atomic mass is 19.4. The highest BCUT2D eigenvalue weighted by Gasteiger charge is 2.49. The van der Waals surface area contributed by atoms with E-state index in [1.807, 2.05) is 0 Å². The van der Waals surface area contributed by atoms with E-state index in [9.17, 15) is 13.2 Å². The van der Waals surface area contributed by atoms with Gasteiger partial charge in [-0.15, -0.1) is 0 Å². The van der Waals surface area contributed by atoms with E-state index in [4.69, 9.17) is 10.2 Å². The normalized spacial score (nSPS) is 38.2. The predicted molar refractivity (Wildman–Crippen MR) is 32.4 cm³/mol. The van der Waals surface area contributed by atoms with Crippen molar-refractivity contribution in [1.29, 1.82) is 0 Å². The monoisotopic (exact) mass is 186 g/mol. The van der Waals surface area contributed by atoms with Crippen molar-refractivity contribution in [3.8, 4) is 0 Å². The molecule has 1 rings (SSSR count). The zero-order chi connectivity index (χ0) is 9.35. The molecule has 0 saturated carbocycles. The molecular weight excluding hydrogens is 177 g/mol. The van der Waals surface area contributed by atoms with Gasteiger partial charge in [0.1, 0.15) is 6.10 Å². The molecule has 0 radical (unpaired) electrons. The predicted octanol–water partition coefficient (Wildman–Crippen LogP) is 0.0594. The Morgan fingerprint density at radius 3 is 2.25 bits per heavy atom. The first-order valence-corrected chi connectivity index (χ1v) is 3.47. The standard InChI is InChI=1S/C6H9F3O3/c7-6(8,9)5-4(11)3(10)1-2-12-5/h3-5,10-11H,1-2H2/t3-,4-,5+/m1/s1. The lowest BCUT2D eigenvalue weighted by Crippen LogP contribution is -2.51. The van der Waals surface area contributed by atoms with Gasteiger partial charge in [-0.2, -0.15) is 13.2 Å². The summed E-state index contributed by atoms with van der Waals surface area (Å²) in [5.74, 6) is 0. The molecule has 1 saturated heterocycles. The Balaban J connectivity index is 2.64. The van der Waals surface area contributed by atoms with Crippen molar-refractivity contribution in [3.63, 3.8) is 0 Å². The molecule has 0 amide bonds. The van der Waals surface area contributed by atoms with Crippen LogP contribution in [0.1, 0.15) is 6.42 Å². The SMILES string of the molecule is O[C@@H]1[C@H](O)CCO[C@@H]1C(F)(F)F. The van der Waals surface area contributed by atoms with E-state index < -0.39 is 24.5 Å². The van der Waals surface area contributed by atoms with Crippen LogP contribution in [0.15, 0.2) is 0 Å². The smallest absolute Gasteiger partial charge is 0.390 e. The van der Waals surface area contributed by atoms with Crippen LogP contribution in [-0.2, 0) is 4.74 Å². The number of rotatable bonds is 0. The number of hydrogen-bond donors (Lipinski definition) is 2. The second kappa shape index (κ2) is 3.20. The van der Waals surface area contributed by atoms with Crippen molar-refractivity contribution in [3.05, 3.63) is 0 Å². The molecule has 0 aromatic rings. The van der Waals surface area contributed by atoms with Gasteiger partial charge in [-0.25, -0.2) is 0 Å². The minimum absolute atomic E-state index is 0.0355. The van der Waals surface area contributed by atoms with E-state index in [0.717, 1.165) is 0 Å². The summed E-state index contributed by atoms with van der Waals surface area (Å²) in [5.41, 5.74) is 0. The second-order valence-electron chi connectivity index (χ2n) is 2.68. The van der Waals surface area contributed by atoms with Gasteiger partial charge in [0.25, 0.3) is 0 Å². The molecule has 1 fully saturated rings. The maximum Gasteiger partial charge on any atom is 0.417 e. The van der Waals surface area contributed by atoms with E-state index in [-0.39, 0.29) is 13.0 Å². The lowest BCUT2D eigenvalue weighted by molar-refractivity contribution is -0.273. The summed E-state index contributed by atoms with van der Waals surface area (Å²) in [7, 11) is 0. The van der Waals surface area contributed by atoms with Gasteiger partial charge in [-0.05, 0) is 6.42 Å². The molecule has 12 heavy (non-hydrogen) atoms. The number of ether oxygens (including phenoxy) is 1. The van der Waals surface area contributed by atoms with Crippen LogP contribution >= 0.6 is 0 Å². The molecule has 0 bridgehead atoms. The molecule has 0 spiro atoms. The highest BCUT2D eigenvalue weighted by molar-refractivity contribution is 4.85. The Kier molecular flexibility index (Phi) is 2.60. The van der Waals surface area contributed by atoms with Gasteiger partial charge in [0.15, 0.2) is 6.10 Å². The maximum atomic E-state index is 12.0. The zero-order valence-electron chi connectivity index (χ0n) is 6.08. The number of aliphatic hydroxyl groups is 2. The Morgan fingerprint density at radius 2 is 1.83 bits per heavy atom. The topological polar surface area (TPSA) is 49.7 Å². The summed E-state index contributed by atoms with van der Waals surface area (Å²) in [5, 5.41) is 17.8. The summed E-state index contributed by atoms with van der Waals surface area (Å²) >= 11 is 0. The fourth-order valence-corrected chi connectivity index (χ4v) is 1.07. The number of alkyl halides is 3. The van der Waals surface area contributed by atoms with Crippen molar-refractivity contribution >= 4 is 0 Å². The molecule has 1 aliphatic heterocycles. The van der Waals surface area contributed by atoms with Gasteiger partial charge in [0.2, 0.25) is 0 Å². The summed E-state index contributed by atoms with van der Waals surface area (Å²) in [6.07, 6.45) is -10.0. The largest absolute Gasteiger partial charge is 0.417 e. The van der Waals surface area contributed by atoms with Crippen LogP contribution in [0.25, 0.3) is 0 Å². The van der Waals surface area contributed by atoms with Crippen LogP contribution in [0.3, 0.4) is 0 Å². The van der Waals surface area contributed by atoms with Crippen molar-refractivity contribution in [2.24, 2.45) is 0 Å². The Hall–Kier alpha value is -0.330. The summed E-state index contributed by atoms with van der Waals surface area (Å²) in [4.78, 5) is 0. The Labute approximate surface area is 66.8 Å². The molecule has 3 atom stereocenters. The summed E-state index contributed by atoms with van der Waals surface area (Å²) in [6.45, 7) is -0.178. The van der Waals surface area contributed by atoms with Gasteiger partial charge in [-0.3, -0.25) is 0 Å². The fraction of sp³-hybridized carbons (Fsp3) is 1.00. The van der Waals surface area contributed by atoms with Crippen LogP contribution in [0.2, 0.25) is 0 Å². The summed E-state index contributed by atoms with van der Waals surface area (Å²) < 4.78 is 40.2. The Bertz CT molecular complexity index is 159. The van der Waals surface area contributed by atoms with Crippen molar-refractivity contribution < 1.29 is 28.1 Å².